The highest BCUT2D eigenvalue weighted by Gasteiger charge is 2.16. The Balaban J connectivity index is 1.50. The number of amides is 1. The molecule has 6 nitrogen and oxygen atoms in total. The summed E-state index contributed by atoms with van der Waals surface area (Å²) in [6, 6.07) is 21.6. The lowest BCUT2D eigenvalue weighted by atomic mass is 10.2. The number of aromatic nitrogens is 3. The molecule has 3 aromatic carbocycles. The Kier molecular flexibility index (Phi) is 4.95. The van der Waals surface area contributed by atoms with E-state index < -0.39 is 0 Å². The Labute approximate surface area is 183 Å². The molecule has 5 aromatic rings. The summed E-state index contributed by atoms with van der Waals surface area (Å²) in [6.45, 7) is 1.98. The number of nitrogens with zero attached hydrogens (tertiary/aromatic N) is 3. The minimum absolute atomic E-state index is 0.124. The lowest BCUT2D eigenvalue weighted by molar-refractivity contribution is -0.113. The molecule has 1 N–H and O–H groups in total. The summed E-state index contributed by atoms with van der Waals surface area (Å²) in [5, 5.41) is 4.66. The van der Waals surface area contributed by atoms with Crippen LogP contribution in [0.4, 0.5) is 5.69 Å². The second-order valence-corrected chi connectivity index (χ2v) is 8.15. The molecule has 0 unspecified atom stereocenters. The van der Waals surface area contributed by atoms with Crippen LogP contribution in [0.3, 0.4) is 0 Å². The maximum atomic E-state index is 12.7. The zero-order valence-corrected chi connectivity index (χ0v) is 17.9. The number of benzene rings is 3. The minimum atomic E-state index is -0.124. The summed E-state index contributed by atoms with van der Waals surface area (Å²) < 4.78 is 7.39. The monoisotopic (exact) mass is 428 g/mol. The fourth-order valence-electron chi connectivity index (χ4n) is 3.65. The first kappa shape index (κ1) is 19.4. The highest BCUT2D eigenvalue weighted by molar-refractivity contribution is 7.99. The molecule has 0 spiro atoms. The summed E-state index contributed by atoms with van der Waals surface area (Å²) in [5.41, 5.74) is 5.28. The smallest absolute Gasteiger partial charge is 0.234 e. The molecule has 1 amide bonds. The first-order chi connectivity index (χ1) is 15.1. The molecule has 2 aromatic heterocycles. The standard InChI is InChI=1S/C24H20N4O2S/c1-15-11-12-21(30-2)19(13-15)25-22(29)14-31-24-27-17-8-4-3-7-16(17)23-26-18-9-5-6-10-20(18)28(23)24/h3-13H,14H2,1-2H3,(H,25,29). The Morgan fingerprint density at radius 1 is 1.03 bits per heavy atom. The van der Waals surface area contributed by atoms with Crippen molar-refractivity contribution in [1.82, 2.24) is 14.4 Å². The highest BCUT2D eigenvalue weighted by atomic mass is 32.2. The third kappa shape index (κ3) is 3.57. The molecule has 0 saturated heterocycles. The maximum absolute atomic E-state index is 12.7. The van der Waals surface area contributed by atoms with Gasteiger partial charge in [-0.3, -0.25) is 9.20 Å². The van der Waals surface area contributed by atoms with Crippen molar-refractivity contribution in [1.29, 1.82) is 0 Å². The number of aryl methyl sites for hydroxylation is 1. The van der Waals surface area contributed by atoms with Gasteiger partial charge >= 0.3 is 0 Å². The van der Waals surface area contributed by atoms with Crippen molar-refractivity contribution in [3.05, 3.63) is 72.3 Å². The van der Waals surface area contributed by atoms with Gasteiger partial charge in [0.15, 0.2) is 5.16 Å². The van der Waals surface area contributed by atoms with Gasteiger partial charge in [0.1, 0.15) is 11.4 Å². The van der Waals surface area contributed by atoms with Gasteiger partial charge in [0.05, 0.1) is 35.1 Å². The quantitative estimate of drug-likeness (QED) is 0.312. The normalized spacial score (nSPS) is 11.3. The molecule has 7 heteroatoms. The third-order valence-electron chi connectivity index (χ3n) is 5.07. The number of anilines is 1. The molecule has 154 valence electrons. The first-order valence-corrected chi connectivity index (χ1v) is 10.9. The number of nitrogens with one attached hydrogen (secondary N) is 1. The number of hydrogen-bond donors (Lipinski definition) is 1. The summed E-state index contributed by atoms with van der Waals surface area (Å²) in [6.07, 6.45) is 0. The van der Waals surface area contributed by atoms with Crippen molar-refractivity contribution >= 4 is 50.9 Å². The lowest BCUT2D eigenvalue weighted by Crippen LogP contribution is -2.15. The second kappa shape index (κ2) is 7.92. The third-order valence-corrected chi connectivity index (χ3v) is 6.01. The number of ether oxygens (including phenoxy) is 1. The van der Waals surface area contributed by atoms with E-state index in [2.05, 4.69) is 5.32 Å². The number of methoxy groups -OCH3 is 1. The van der Waals surface area contributed by atoms with E-state index in [9.17, 15) is 4.79 Å². The van der Waals surface area contributed by atoms with Crippen LogP contribution >= 0.6 is 11.8 Å². The van der Waals surface area contributed by atoms with E-state index in [0.717, 1.165) is 38.3 Å². The number of carbonyl (C=O) groups excluding carboxylic acids is 1. The van der Waals surface area contributed by atoms with Crippen LogP contribution in [-0.4, -0.2) is 33.1 Å². The first-order valence-electron chi connectivity index (χ1n) is 9.87. The lowest BCUT2D eigenvalue weighted by Gasteiger charge is -2.11. The number of carbonyl (C=O) groups is 1. The molecule has 0 aliphatic heterocycles. The second-order valence-electron chi connectivity index (χ2n) is 7.21. The predicted octanol–water partition coefficient (Wildman–Crippen LogP) is 5.08. The Bertz CT molecular complexity index is 1440. The number of fused-ring (bicyclic) bond motifs is 5. The largest absolute Gasteiger partial charge is 0.495 e. The van der Waals surface area contributed by atoms with Gasteiger partial charge in [0.2, 0.25) is 5.91 Å². The van der Waals surface area contributed by atoms with Gasteiger partial charge in [-0.2, -0.15) is 0 Å². The van der Waals surface area contributed by atoms with Gasteiger partial charge in [-0.1, -0.05) is 42.1 Å². The van der Waals surface area contributed by atoms with Crippen LogP contribution in [0.15, 0.2) is 71.9 Å². The summed E-state index contributed by atoms with van der Waals surface area (Å²) in [5.74, 6) is 0.724. The molecule has 5 rings (SSSR count). The molecule has 0 fully saturated rings. The molecule has 31 heavy (non-hydrogen) atoms. The number of imidazole rings is 1. The highest BCUT2D eigenvalue weighted by Crippen LogP contribution is 2.30. The predicted molar refractivity (Wildman–Crippen MR) is 125 cm³/mol. The van der Waals surface area contributed by atoms with Crippen molar-refractivity contribution in [3.63, 3.8) is 0 Å². The van der Waals surface area contributed by atoms with Crippen molar-refractivity contribution in [2.75, 3.05) is 18.2 Å². The minimum Gasteiger partial charge on any atom is -0.495 e. The van der Waals surface area contributed by atoms with E-state index in [0.29, 0.717) is 11.4 Å². The van der Waals surface area contributed by atoms with Crippen LogP contribution in [0.25, 0.3) is 27.6 Å². The van der Waals surface area contributed by atoms with Gasteiger partial charge in [0, 0.05) is 5.39 Å². The van der Waals surface area contributed by atoms with Gasteiger partial charge in [-0.15, -0.1) is 0 Å². The molecule has 0 aliphatic rings. The van der Waals surface area contributed by atoms with Crippen LogP contribution in [0.2, 0.25) is 0 Å². The number of para-hydroxylation sites is 3. The summed E-state index contributed by atoms with van der Waals surface area (Å²) in [4.78, 5) is 22.4. The Morgan fingerprint density at radius 2 is 1.81 bits per heavy atom. The maximum Gasteiger partial charge on any atom is 0.234 e. The van der Waals surface area contributed by atoms with Crippen LogP contribution in [0.1, 0.15) is 5.56 Å². The Morgan fingerprint density at radius 3 is 2.65 bits per heavy atom. The molecule has 0 atom stereocenters. The fraction of sp³-hybridized carbons (Fsp3) is 0.125. The zero-order valence-electron chi connectivity index (χ0n) is 17.1. The van der Waals surface area contributed by atoms with Crippen LogP contribution in [0.5, 0.6) is 5.75 Å². The van der Waals surface area contributed by atoms with E-state index >= 15 is 0 Å². The molecule has 0 bridgehead atoms. The van der Waals surface area contributed by atoms with Crippen molar-refractivity contribution in [2.24, 2.45) is 0 Å². The molecule has 0 aliphatic carbocycles. The van der Waals surface area contributed by atoms with E-state index in [1.807, 2.05) is 78.1 Å². The summed E-state index contributed by atoms with van der Waals surface area (Å²) >= 11 is 1.39. The molecular weight excluding hydrogens is 408 g/mol. The average Bonchev–Trinajstić information content (AvgIpc) is 3.18. The Hall–Kier alpha value is -3.58. The van der Waals surface area contributed by atoms with Gasteiger partial charge in [0.25, 0.3) is 0 Å². The number of rotatable bonds is 5. The number of hydrogen-bond acceptors (Lipinski definition) is 5. The molecule has 0 saturated carbocycles. The van der Waals surface area contributed by atoms with E-state index in [1.54, 1.807) is 7.11 Å². The molecule has 0 radical (unpaired) electrons. The number of thioether (sulfide) groups is 1. The van der Waals surface area contributed by atoms with Gasteiger partial charge in [-0.05, 0) is 48.9 Å². The van der Waals surface area contributed by atoms with Gasteiger partial charge in [-0.25, -0.2) is 9.97 Å². The van der Waals surface area contributed by atoms with Crippen molar-refractivity contribution in [3.8, 4) is 5.75 Å². The average molecular weight is 429 g/mol. The van der Waals surface area contributed by atoms with Crippen LogP contribution in [0, 0.1) is 6.92 Å². The zero-order chi connectivity index (χ0) is 21.4. The van der Waals surface area contributed by atoms with Crippen LogP contribution in [-0.2, 0) is 4.79 Å². The van der Waals surface area contributed by atoms with E-state index in [-0.39, 0.29) is 11.7 Å². The molecular formula is C24H20N4O2S. The topological polar surface area (TPSA) is 68.5 Å². The fourth-order valence-corrected chi connectivity index (χ4v) is 4.46. The van der Waals surface area contributed by atoms with Crippen molar-refractivity contribution < 1.29 is 9.53 Å². The summed E-state index contributed by atoms with van der Waals surface area (Å²) in [7, 11) is 1.59. The van der Waals surface area contributed by atoms with Crippen molar-refractivity contribution in [2.45, 2.75) is 12.1 Å². The van der Waals surface area contributed by atoms with E-state index in [1.165, 1.54) is 11.8 Å². The van der Waals surface area contributed by atoms with Crippen LogP contribution < -0.4 is 10.1 Å². The molecule has 2 heterocycles. The SMILES string of the molecule is COc1ccc(C)cc1NC(=O)CSc1nc2ccccc2c2nc3ccccc3n12. The van der Waals surface area contributed by atoms with E-state index in [4.69, 9.17) is 14.7 Å². The van der Waals surface area contributed by atoms with Gasteiger partial charge < -0.3 is 10.1 Å².